The van der Waals surface area contributed by atoms with Crippen LogP contribution in [0.4, 0.5) is 5.69 Å². The van der Waals surface area contributed by atoms with Crippen molar-refractivity contribution in [3.05, 3.63) is 53.6 Å². The number of para-hydroxylation sites is 1. The normalized spacial score (nSPS) is 9.79. The SMILES string of the molecule is CNCc1ccccc1NC(=O)Cc1ccc(OC)c(OC)c1.Cl. The topological polar surface area (TPSA) is 59.6 Å². The van der Waals surface area contributed by atoms with E-state index < -0.39 is 0 Å². The quantitative estimate of drug-likeness (QED) is 0.805. The molecule has 0 atom stereocenters. The van der Waals surface area contributed by atoms with E-state index in [1.54, 1.807) is 20.3 Å². The lowest BCUT2D eigenvalue weighted by molar-refractivity contribution is -0.115. The molecular weight excluding hydrogens is 328 g/mol. The van der Waals surface area contributed by atoms with Gasteiger partial charge in [0.1, 0.15) is 0 Å². The highest BCUT2D eigenvalue weighted by Gasteiger charge is 2.10. The molecule has 5 nitrogen and oxygen atoms in total. The smallest absolute Gasteiger partial charge is 0.228 e. The molecule has 0 spiro atoms. The average Bonchev–Trinajstić information content (AvgIpc) is 2.56. The molecule has 6 heteroatoms. The summed E-state index contributed by atoms with van der Waals surface area (Å²) < 4.78 is 10.5. The number of amides is 1. The minimum Gasteiger partial charge on any atom is -0.493 e. The second-order valence-electron chi connectivity index (χ2n) is 5.10. The highest BCUT2D eigenvalue weighted by molar-refractivity contribution is 5.93. The molecule has 0 unspecified atom stereocenters. The maximum atomic E-state index is 12.3. The van der Waals surface area contributed by atoms with E-state index in [1.807, 2.05) is 43.4 Å². The molecule has 0 bridgehead atoms. The predicted octanol–water partition coefficient (Wildman–Crippen LogP) is 3.03. The van der Waals surface area contributed by atoms with E-state index in [2.05, 4.69) is 10.6 Å². The van der Waals surface area contributed by atoms with Crippen LogP contribution in [0.1, 0.15) is 11.1 Å². The first-order valence-corrected chi connectivity index (χ1v) is 7.41. The highest BCUT2D eigenvalue weighted by Crippen LogP contribution is 2.27. The van der Waals surface area contributed by atoms with Gasteiger partial charge in [0.2, 0.25) is 5.91 Å². The monoisotopic (exact) mass is 350 g/mol. The molecule has 0 radical (unpaired) electrons. The molecular formula is C18H23ClN2O3. The predicted molar refractivity (Wildman–Crippen MR) is 98.3 cm³/mol. The van der Waals surface area contributed by atoms with Crippen LogP contribution in [0.2, 0.25) is 0 Å². The Bertz CT molecular complexity index is 677. The van der Waals surface area contributed by atoms with E-state index in [0.717, 1.165) is 16.8 Å². The Kier molecular flexibility index (Phi) is 8.09. The fourth-order valence-electron chi connectivity index (χ4n) is 2.36. The van der Waals surface area contributed by atoms with Gasteiger partial charge in [-0.15, -0.1) is 12.4 Å². The first-order chi connectivity index (χ1) is 11.2. The van der Waals surface area contributed by atoms with Gasteiger partial charge in [0.05, 0.1) is 20.6 Å². The van der Waals surface area contributed by atoms with E-state index in [4.69, 9.17) is 9.47 Å². The van der Waals surface area contributed by atoms with Crippen molar-refractivity contribution in [2.75, 3.05) is 26.6 Å². The average molecular weight is 351 g/mol. The zero-order valence-corrected chi connectivity index (χ0v) is 14.9. The lowest BCUT2D eigenvalue weighted by atomic mass is 10.1. The molecule has 24 heavy (non-hydrogen) atoms. The Morgan fingerprint density at radius 3 is 2.42 bits per heavy atom. The standard InChI is InChI=1S/C18H22N2O3.ClH/c1-19-12-14-6-4-5-7-15(14)20-18(21)11-13-8-9-16(22-2)17(10-13)23-3;/h4-10,19H,11-12H2,1-3H3,(H,20,21);1H. The van der Waals surface area contributed by atoms with Crippen LogP contribution in [-0.4, -0.2) is 27.2 Å². The van der Waals surface area contributed by atoms with Crippen LogP contribution in [0, 0.1) is 0 Å². The molecule has 0 aliphatic rings. The number of nitrogens with one attached hydrogen (secondary N) is 2. The summed E-state index contributed by atoms with van der Waals surface area (Å²) in [5.74, 6) is 1.20. The number of hydrogen-bond donors (Lipinski definition) is 2. The highest BCUT2D eigenvalue weighted by atomic mass is 35.5. The summed E-state index contributed by atoms with van der Waals surface area (Å²) in [6.45, 7) is 0.701. The third kappa shape index (κ3) is 5.15. The van der Waals surface area contributed by atoms with Gasteiger partial charge in [-0.05, 0) is 36.4 Å². The van der Waals surface area contributed by atoms with Crippen LogP contribution >= 0.6 is 12.4 Å². The van der Waals surface area contributed by atoms with E-state index >= 15 is 0 Å². The van der Waals surface area contributed by atoms with Crippen molar-refractivity contribution in [2.45, 2.75) is 13.0 Å². The van der Waals surface area contributed by atoms with Crippen LogP contribution < -0.4 is 20.1 Å². The van der Waals surface area contributed by atoms with Crippen molar-refractivity contribution < 1.29 is 14.3 Å². The van der Waals surface area contributed by atoms with Crippen LogP contribution in [-0.2, 0) is 17.8 Å². The van der Waals surface area contributed by atoms with E-state index in [1.165, 1.54) is 0 Å². The Morgan fingerprint density at radius 2 is 1.75 bits per heavy atom. The molecule has 0 aromatic heterocycles. The minimum absolute atomic E-state index is 0. The fourth-order valence-corrected chi connectivity index (χ4v) is 2.36. The fraction of sp³-hybridized carbons (Fsp3) is 0.278. The summed E-state index contributed by atoms with van der Waals surface area (Å²) in [5, 5.41) is 6.05. The number of rotatable bonds is 7. The van der Waals surface area contributed by atoms with Gasteiger partial charge >= 0.3 is 0 Å². The molecule has 0 aliphatic heterocycles. The molecule has 0 aliphatic carbocycles. The van der Waals surface area contributed by atoms with Crippen molar-refractivity contribution in [2.24, 2.45) is 0 Å². The molecule has 2 N–H and O–H groups in total. The molecule has 0 fully saturated rings. The molecule has 2 aromatic carbocycles. The number of methoxy groups -OCH3 is 2. The number of halogens is 1. The maximum absolute atomic E-state index is 12.3. The van der Waals surface area contributed by atoms with Crippen molar-refractivity contribution in [1.82, 2.24) is 5.32 Å². The third-order valence-electron chi connectivity index (χ3n) is 3.47. The number of anilines is 1. The lowest BCUT2D eigenvalue weighted by Gasteiger charge is -2.12. The minimum atomic E-state index is -0.0687. The lowest BCUT2D eigenvalue weighted by Crippen LogP contribution is -2.17. The maximum Gasteiger partial charge on any atom is 0.228 e. The number of hydrogen-bond acceptors (Lipinski definition) is 4. The van der Waals surface area contributed by atoms with Gasteiger partial charge < -0.3 is 20.1 Å². The van der Waals surface area contributed by atoms with Crippen molar-refractivity contribution >= 4 is 24.0 Å². The molecule has 0 saturated carbocycles. The number of benzene rings is 2. The van der Waals surface area contributed by atoms with Crippen LogP contribution in [0.3, 0.4) is 0 Å². The summed E-state index contributed by atoms with van der Waals surface area (Å²) in [7, 11) is 5.04. The first-order valence-electron chi connectivity index (χ1n) is 7.41. The molecule has 130 valence electrons. The Hall–Kier alpha value is -2.24. The van der Waals surface area contributed by atoms with E-state index in [0.29, 0.717) is 18.0 Å². The Morgan fingerprint density at radius 1 is 1.04 bits per heavy atom. The van der Waals surface area contributed by atoms with Crippen molar-refractivity contribution in [1.29, 1.82) is 0 Å². The number of carbonyl (C=O) groups excluding carboxylic acids is 1. The van der Waals surface area contributed by atoms with Gasteiger partial charge in [-0.25, -0.2) is 0 Å². The second-order valence-corrected chi connectivity index (χ2v) is 5.10. The zero-order chi connectivity index (χ0) is 16.7. The van der Waals surface area contributed by atoms with Crippen molar-refractivity contribution in [3.63, 3.8) is 0 Å². The molecule has 1 amide bonds. The van der Waals surface area contributed by atoms with Gasteiger partial charge in [-0.1, -0.05) is 24.3 Å². The molecule has 0 heterocycles. The van der Waals surface area contributed by atoms with Crippen LogP contribution in [0.25, 0.3) is 0 Å². The Balaban J connectivity index is 0.00000288. The summed E-state index contributed by atoms with van der Waals surface area (Å²) in [4.78, 5) is 12.3. The summed E-state index contributed by atoms with van der Waals surface area (Å²) in [6.07, 6.45) is 0.272. The van der Waals surface area contributed by atoms with Crippen LogP contribution in [0.5, 0.6) is 11.5 Å². The van der Waals surface area contributed by atoms with Gasteiger partial charge in [0.25, 0.3) is 0 Å². The summed E-state index contributed by atoms with van der Waals surface area (Å²) in [5.41, 5.74) is 2.74. The first kappa shape index (κ1) is 19.8. The van der Waals surface area contributed by atoms with Gasteiger partial charge in [-0.3, -0.25) is 4.79 Å². The molecule has 2 rings (SSSR count). The Labute approximate surface area is 148 Å². The van der Waals surface area contributed by atoms with Crippen LogP contribution in [0.15, 0.2) is 42.5 Å². The van der Waals surface area contributed by atoms with E-state index in [-0.39, 0.29) is 24.7 Å². The van der Waals surface area contributed by atoms with Gasteiger partial charge in [0, 0.05) is 12.2 Å². The third-order valence-corrected chi connectivity index (χ3v) is 3.47. The molecule has 2 aromatic rings. The van der Waals surface area contributed by atoms with Gasteiger partial charge in [0.15, 0.2) is 11.5 Å². The summed E-state index contributed by atoms with van der Waals surface area (Å²) in [6, 6.07) is 13.2. The van der Waals surface area contributed by atoms with Gasteiger partial charge in [-0.2, -0.15) is 0 Å². The second kappa shape index (κ2) is 9.80. The van der Waals surface area contributed by atoms with E-state index in [9.17, 15) is 4.79 Å². The summed E-state index contributed by atoms with van der Waals surface area (Å²) >= 11 is 0. The zero-order valence-electron chi connectivity index (χ0n) is 14.1. The number of carbonyl (C=O) groups is 1. The van der Waals surface area contributed by atoms with Crippen molar-refractivity contribution in [3.8, 4) is 11.5 Å². The largest absolute Gasteiger partial charge is 0.493 e. The number of ether oxygens (including phenoxy) is 2. The molecule has 0 saturated heterocycles.